The van der Waals surface area contributed by atoms with Crippen LogP contribution in [0.4, 0.5) is 0 Å². The normalized spacial score (nSPS) is 15.7. The van der Waals surface area contributed by atoms with E-state index < -0.39 is 0 Å². The zero-order chi connectivity index (χ0) is 9.84. The fourth-order valence-corrected chi connectivity index (χ4v) is 1.13. The van der Waals surface area contributed by atoms with Crippen molar-refractivity contribution < 1.29 is 5.11 Å². The summed E-state index contributed by atoms with van der Waals surface area (Å²) in [4.78, 5) is 0. The standard InChI is InChI=1S/C9H17N3O/c1-7(13)4-10-8(2)9-5-11-12(3)6-9/h5-8,10,13H,4H2,1-3H3/t7-,8?/m1/s1. The molecule has 0 aliphatic carbocycles. The van der Waals surface area contributed by atoms with Crippen molar-refractivity contribution >= 4 is 0 Å². The number of aliphatic hydroxyl groups is 1. The van der Waals surface area contributed by atoms with Crippen LogP contribution in [0.15, 0.2) is 12.4 Å². The van der Waals surface area contributed by atoms with Crippen LogP contribution < -0.4 is 5.32 Å². The second kappa shape index (κ2) is 4.39. The number of hydrogen-bond donors (Lipinski definition) is 2. The molecule has 2 N–H and O–H groups in total. The van der Waals surface area contributed by atoms with Gasteiger partial charge in [0.1, 0.15) is 0 Å². The Labute approximate surface area is 78.6 Å². The summed E-state index contributed by atoms with van der Waals surface area (Å²) in [6.45, 7) is 4.43. The van der Waals surface area contributed by atoms with Gasteiger partial charge in [0, 0.05) is 31.4 Å². The number of nitrogens with one attached hydrogen (secondary N) is 1. The quantitative estimate of drug-likeness (QED) is 0.712. The number of nitrogens with zero attached hydrogens (tertiary/aromatic N) is 2. The second-order valence-electron chi connectivity index (χ2n) is 3.43. The monoisotopic (exact) mass is 183 g/mol. The Morgan fingerprint density at radius 3 is 2.77 bits per heavy atom. The molecule has 1 unspecified atom stereocenters. The molecule has 1 heterocycles. The number of hydrogen-bond acceptors (Lipinski definition) is 3. The van der Waals surface area contributed by atoms with Crippen molar-refractivity contribution in [2.24, 2.45) is 7.05 Å². The van der Waals surface area contributed by atoms with Crippen LogP contribution in [0.1, 0.15) is 25.5 Å². The Hall–Kier alpha value is -0.870. The summed E-state index contributed by atoms with van der Waals surface area (Å²) in [7, 11) is 1.89. The van der Waals surface area contributed by atoms with Gasteiger partial charge >= 0.3 is 0 Å². The van der Waals surface area contributed by atoms with E-state index in [2.05, 4.69) is 17.3 Å². The highest BCUT2D eigenvalue weighted by Crippen LogP contribution is 2.09. The third-order valence-corrected chi connectivity index (χ3v) is 1.94. The maximum atomic E-state index is 9.07. The van der Waals surface area contributed by atoms with Crippen LogP contribution in [-0.4, -0.2) is 27.5 Å². The van der Waals surface area contributed by atoms with Gasteiger partial charge in [0.15, 0.2) is 0 Å². The first-order valence-corrected chi connectivity index (χ1v) is 4.49. The molecule has 1 aromatic heterocycles. The summed E-state index contributed by atoms with van der Waals surface area (Å²) >= 11 is 0. The van der Waals surface area contributed by atoms with Crippen LogP contribution >= 0.6 is 0 Å². The Morgan fingerprint density at radius 1 is 1.62 bits per heavy atom. The number of aryl methyl sites for hydroxylation is 1. The molecule has 0 bridgehead atoms. The predicted molar refractivity (Wildman–Crippen MR) is 51.3 cm³/mol. The molecule has 74 valence electrons. The van der Waals surface area contributed by atoms with Gasteiger partial charge in [-0.1, -0.05) is 0 Å². The van der Waals surface area contributed by atoms with E-state index >= 15 is 0 Å². The largest absolute Gasteiger partial charge is 0.392 e. The zero-order valence-corrected chi connectivity index (χ0v) is 8.36. The van der Waals surface area contributed by atoms with Crippen molar-refractivity contribution in [3.05, 3.63) is 18.0 Å². The minimum absolute atomic E-state index is 0.239. The minimum Gasteiger partial charge on any atom is -0.392 e. The van der Waals surface area contributed by atoms with E-state index in [0.29, 0.717) is 6.54 Å². The first kappa shape index (κ1) is 10.2. The van der Waals surface area contributed by atoms with E-state index in [1.165, 1.54) is 0 Å². The summed E-state index contributed by atoms with van der Waals surface area (Å²) in [5.74, 6) is 0. The average molecular weight is 183 g/mol. The van der Waals surface area contributed by atoms with Gasteiger partial charge in [0.2, 0.25) is 0 Å². The number of rotatable bonds is 4. The molecule has 4 nitrogen and oxygen atoms in total. The van der Waals surface area contributed by atoms with Gasteiger partial charge in [-0.05, 0) is 13.8 Å². The van der Waals surface area contributed by atoms with Crippen molar-refractivity contribution in [2.75, 3.05) is 6.54 Å². The van der Waals surface area contributed by atoms with Gasteiger partial charge in [0.25, 0.3) is 0 Å². The molecule has 0 saturated carbocycles. The minimum atomic E-state index is -0.306. The van der Waals surface area contributed by atoms with Gasteiger partial charge in [-0.25, -0.2) is 0 Å². The summed E-state index contributed by atoms with van der Waals surface area (Å²) in [5.41, 5.74) is 1.14. The lowest BCUT2D eigenvalue weighted by Crippen LogP contribution is -2.26. The summed E-state index contributed by atoms with van der Waals surface area (Å²) in [6, 6.07) is 0.239. The lowest BCUT2D eigenvalue weighted by molar-refractivity contribution is 0.187. The Kier molecular flexibility index (Phi) is 3.45. The first-order valence-electron chi connectivity index (χ1n) is 4.49. The molecule has 0 fully saturated rings. The molecular weight excluding hydrogens is 166 g/mol. The highest BCUT2D eigenvalue weighted by atomic mass is 16.3. The van der Waals surface area contributed by atoms with Crippen LogP contribution in [0.3, 0.4) is 0 Å². The van der Waals surface area contributed by atoms with Crippen molar-refractivity contribution in [2.45, 2.75) is 26.0 Å². The Bertz CT molecular complexity index is 257. The van der Waals surface area contributed by atoms with Gasteiger partial charge < -0.3 is 10.4 Å². The summed E-state index contributed by atoms with van der Waals surface area (Å²) in [6.07, 6.45) is 3.50. The molecule has 2 atom stereocenters. The Balaban J connectivity index is 2.44. The lowest BCUT2D eigenvalue weighted by atomic mass is 10.2. The van der Waals surface area contributed by atoms with E-state index in [1.54, 1.807) is 11.6 Å². The topological polar surface area (TPSA) is 50.1 Å². The highest BCUT2D eigenvalue weighted by Gasteiger charge is 2.07. The van der Waals surface area contributed by atoms with Crippen molar-refractivity contribution in [1.82, 2.24) is 15.1 Å². The Morgan fingerprint density at radius 2 is 2.31 bits per heavy atom. The highest BCUT2D eigenvalue weighted by molar-refractivity contribution is 5.08. The molecular formula is C9H17N3O. The van der Waals surface area contributed by atoms with E-state index in [0.717, 1.165) is 5.56 Å². The summed E-state index contributed by atoms with van der Waals surface area (Å²) in [5, 5.41) is 16.4. The molecule has 0 aromatic carbocycles. The van der Waals surface area contributed by atoms with Gasteiger partial charge in [-0.2, -0.15) is 5.10 Å². The molecule has 1 aromatic rings. The summed E-state index contributed by atoms with van der Waals surface area (Å²) < 4.78 is 1.77. The lowest BCUT2D eigenvalue weighted by Gasteiger charge is -2.12. The van der Waals surface area contributed by atoms with Crippen LogP contribution in [0.25, 0.3) is 0 Å². The number of aliphatic hydroxyl groups excluding tert-OH is 1. The van der Waals surface area contributed by atoms with Crippen LogP contribution in [-0.2, 0) is 7.05 Å². The van der Waals surface area contributed by atoms with Gasteiger partial charge in [-0.3, -0.25) is 4.68 Å². The number of aromatic nitrogens is 2. The third kappa shape index (κ3) is 3.16. The molecule has 0 aliphatic heterocycles. The molecule has 0 spiro atoms. The van der Waals surface area contributed by atoms with Crippen molar-refractivity contribution in [3.63, 3.8) is 0 Å². The smallest absolute Gasteiger partial charge is 0.0636 e. The predicted octanol–water partition coefficient (Wildman–Crippen LogP) is 0.451. The van der Waals surface area contributed by atoms with Gasteiger partial charge in [-0.15, -0.1) is 0 Å². The fraction of sp³-hybridized carbons (Fsp3) is 0.667. The molecule has 0 amide bonds. The second-order valence-corrected chi connectivity index (χ2v) is 3.43. The average Bonchev–Trinajstić information content (AvgIpc) is 2.47. The van der Waals surface area contributed by atoms with E-state index in [-0.39, 0.29) is 12.1 Å². The third-order valence-electron chi connectivity index (χ3n) is 1.94. The van der Waals surface area contributed by atoms with Crippen molar-refractivity contribution in [3.8, 4) is 0 Å². The van der Waals surface area contributed by atoms with E-state index in [1.807, 2.05) is 19.4 Å². The van der Waals surface area contributed by atoms with Crippen LogP contribution in [0.5, 0.6) is 0 Å². The van der Waals surface area contributed by atoms with Gasteiger partial charge in [0.05, 0.1) is 12.3 Å². The van der Waals surface area contributed by atoms with E-state index in [9.17, 15) is 0 Å². The van der Waals surface area contributed by atoms with E-state index in [4.69, 9.17) is 5.11 Å². The molecule has 13 heavy (non-hydrogen) atoms. The first-order chi connectivity index (χ1) is 6.09. The van der Waals surface area contributed by atoms with Crippen LogP contribution in [0, 0.1) is 0 Å². The maximum Gasteiger partial charge on any atom is 0.0636 e. The molecule has 0 radical (unpaired) electrons. The zero-order valence-electron chi connectivity index (χ0n) is 8.36. The SMILES string of the molecule is CC(NC[C@@H](C)O)c1cnn(C)c1. The fourth-order valence-electron chi connectivity index (χ4n) is 1.13. The van der Waals surface area contributed by atoms with Crippen molar-refractivity contribution in [1.29, 1.82) is 0 Å². The molecule has 0 saturated heterocycles. The molecule has 1 rings (SSSR count). The van der Waals surface area contributed by atoms with Crippen LogP contribution in [0.2, 0.25) is 0 Å². The molecule has 4 heteroatoms. The maximum absolute atomic E-state index is 9.07. The molecule has 0 aliphatic rings.